The van der Waals surface area contributed by atoms with Crippen LogP contribution in [0.4, 0.5) is 5.69 Å². The summed E-state index contributed by atoms with van der Waals surface area (Å²) in [6.45, 7) is 6.18. The third kappa shape index (κ3) is 5.81. The Bertz CT molecular complexity index is 822. The molecule has 1 rings (SSSR count). The highest BCUT2D eigenvalue weighted by molar-refractivity contribution is 6.01. The van der Waals surface area contributed by atoms with Gasteiger partial charge in [0.2, 0.25) is 5.75 Å². The number of carbonyl (C=O) groups is 2. The van der Waals surface area contributed by atoms with Crippen LogP contribution in [0.25, 0.3) is 6.08 Å². The summed E-state index contributed by atoms with van der Waals surface area (Å²) in [5.41, 5.74) is -0.802. The van der Waals surface area contributed by atoms with Crippen LogP contribution in [0.3, 0.4) is 0 Å². The van der Waals surface area contributed by atoms with E-state index in [1.165, 1.54) is 4.90 Å². The molecule has 0 aromatic heterocycles. The maximum atomic E-state index is 12.3. The van der Waals surface area contributed by atoms with Crippen LogP contribution in [-0.4, -0.2) is 39.9 Å². The smallest absolute Gasteiger partial charge is 0.316 e. The second-order valence-electron chi connectivity index (χ2n) is 5.87. The fraction of sp³-hybridized carbons (Fsp3) is 0.421. The Balaban J connectivity index is 3.32. The maximum Gasteiger partial charge on any atom is 0.316 e. The van der Waals surface area contributed by atoms with E-state index in [2.05, 4.69) is 0 Å². The summed E-state index contributed by atoms with van der Waals surface area (Å²) in [4.78, 5) is 36.1. The van der Waals surface area contributed by atoms with E-state index in [0.29, 0.717) is 19.5 Å². The van der Waals surface area contributed by atoms with Gasteiger partial charge in [0.25, 0.3) is 5.91 Å². The molecule has 1 N–H and O–H groups in total. The number of benzene rings is 1. The highest BCUT2D eigenvalue weighted by Gasteiger charge is 2.24. The van der Waals surface area contributed by atoms with Crippen molar-refractivity contribution in [1.82, 2.24) is 4.90 Å². The first-order valence-corrected chi connectivity index (χ1v) is 8.92. The Morgan fingerprint density at radius 3 is 2.46 bits per heavy atom. The minimum absolute atomic E-state index is 0.0612. The molecule has 28 heavy (non-hydrogen) atoms. The fourth-order valence-electron chi connectivity index (χ4n) is 2.42. The van der Waals surface area contributed by atoms with Crippen LogP contribution in [0, 0.1) is 21.4 Å². The number of hydrogen-bond acceptors (Lipinski definition) is 7. The molecule has 0 spiro atoms. The number of nitro groups is 1. The first kappa shape index (κ1) is 22.6. The van der Waals surface area contributed by atoms with Gasteiger partial charge in [-0.05, 0) is 38.0 Å². The first-order valence-electron chi connectivity index (χ1n) is 8.92. The van der Waals surface area contributed by atoms with Gasteiger partial charge in [0.05, 0.1) is 4.92 Å². The van der Waals surface area contributed by atoms with Gasteiger partial charge in [-0.15, -0.1) is 0 Å². The van der Waals surface area contributed by atoms with Crippen LogP contribution in [0.5, 0.6) is 11.5 Å². The number of hydrogen-bond donors (Lipinski definition) is 1. The average Bonchev–Trinajstić information content (AvgIpc) is 2.66. The van der Waals surface area contributed by atoms with Crippen LogP contribution in [-0.2, 0) is 9.59 Å². The topological polar surface area (TPSA) is 134 Å². The Morgan fingerprint density at radius 2 is 1.96 bits per heavy atom. The third-order valence-corrected chi connectivity index (χ3v) is 3.93. The molecule has 0 aliphatic heterocycles. The van der Waals surface area contributed by atoms with Crippen LogP contribution in [0.15, 0.2) is 17.7 Å². The minimum atomic E-state index is -0.808. The lowest BCUT2D eigenvalue weighted by Crippen LogP contribution is -2.31. The second kappa shape index (κ2) is 10.7. The number of rotatable bonds is 9. The van der Waals surface area contributed by atoms with Gasteiger partial charge < -0.3 is 14.7 Å². The molecule has 0 aliphatic carbocycles. The van der Waals surface area contributed by atoms with Gasteiger partial charge in [-0.1, -0.05) is 13.3 Å². The molecule has 0 aliphatic rings. The van der Waals surface area contributed by atoms with Gasteiger partial charge >= 0.3 is 11.7 Å². The Kier molecular flexibility index (Phi) is 8.62. The number of aromatic hydroxyl groups is 1. The quantitative estimate of drug-likeness (QED) is 0.171. The summed E-state index contributed by atoms with van der Waals surface area (Å²) >= 11 is 0. The Labute approximate surface area is 163 Å². The summed E-state index contributed by atoms with van der Waals surface area (Å²) in [6, 6.07) is 3.91. The normalized spacial score (nSPS) is 10.9. The van der Waals surface area contributed by atoms with E-state index >= 15 is 0 Å². The predicted molar refractivity (Wildman–Crippen MR) is 101 cm³/mol. The molecule has 0 saturated heterocycles. The molecule has 0 heterocycles. The minimum Gasteiger partial charge on any atom is -0.504 e. The monoisotopic (exact) mass is 389 g/mol. The summed E-state index contributed by atoms with van der Waals surface area (Å²) in [7, 11) is 0. The number of ether oxygens (including phenoxy) is 1. The van der Waals surface area contributed by atoms with E-state index in [0.717, 1.165) is 24.6 Å². The van der Waals surface area contributed by atoms with E-state index < -0.39 is 34.0 Å². The van der Waals surface area contributed by atoms with Gasteiger partial charge in [-0.3, -0.25) is 19.7 Å². The van der Waals surface area contributed by atoms with E-state index in [1.807, 2.05) is 6.92 Å². The van der Waals surface area contributed by atoms with Crippen LogP contribution >= 0.6 is 0 Å². The zero-order chi connectivity index (χ0) is 21.3. The van der Waals surface area contributed by atoms with E-state index in [1.54, 1.807) is 19.9 Å². The van der Waals surface area contributed by atoms with E-state index in [4.69, 9.17) is 4.74 Å². The van der Waals surface area contributed by atoms with Gasteiger partial charge in [-0.25, -0.2) is 0 Å². The van der Waals surface area contributed by atoms with Crippen molar-refractivity contribution in [1.29, 1.82) is 5.26 Å². The van der Waals surface area contributed by atoms with Gasteiger partial charge in [-0.2, -0.15) is 5.26 Å². The molecule has 0 bridgehead atoms. The number of phenolic OH excluding ortho intramolecular Hbond substituents is 1. The molecule has 0 fully saturated rings. The zero-order valence-corrected chi connectivity index (χ0v) is 16.1. The molecular formula is C19H23N3O6. The number of carbonyl (C=O) groups excluding carboxylic acids is 2. The van der Waals surface area contributed by atoms with E-state index in [9.17, 15) is 30.1 Å². The summed E-state index contributed by atoms with van der Waals surface area (Å²) in [5.74, 6) is -2.41. The van der Waals surface area contributed by atoms with Crippen molar-refractivity contribution in [3.05, 3.63) is 33.4 Å². The molecule has 1 aromatic carbocycles. The molecule has 150 valence electrons. The standard InChI is InChI=1S/C19H23N3O6/c1-4-7-8-17(24)28-18-15(22(26)27)10-13(11-16(18)23)9-14(12-20)19(25)21(5-2)6-3/h9-11,23H,4-8H2,1-3H3/b14-9+. The lowest BCUT2D eigenvalue weighted by atomic mass is 10.1. The number of nitro benzene ring substituents is 1. The molecule has 1 aromatic rings. The maximum absolute atomic E-state index is 12.3. The highest BCUT2D eigenvalue weighted by atomic mass is 16.6. The first-order chi connectivity index (χ1) is 13.3. The van der Waals surface area contributed by atoms with Crippen molar-refractivity contribution in [3.8, 4) is 17.6 Å². The van der Waals surface area contributed by atoms with Crippen molar-refractivity contribution in [3.63, 3.8) is 0 Å². The predicted octanol–water partition coefficient (Wildman–Crippen LogP) is 3.17. The van der Waals surface area contributed by atoms with Crippen LogP contribution < -0.4 is 4.74 Å². The highest BCUT2D eigenvalue weighted by Crippen LogP contribution is 2.38. The van der Waals surface area contributed by atoms with Gasteiger partial charge in [0.1, 0.15) is 11.6 Å². The van der Waals surface area contributed by atoms with Crippen LogP contribution in [0.2, 0.25) is 0 Å². The lowest BCUT2D eigenvalue weighted by molar-refractivity contribution is -0.385. The van der Waals surface area contributed by atoms with E-state index in [-0.39, 0.29) is 17.6 Å². The lowest BCUT2D eigenvalue weighted by Gasteiger charge is -2.17. The summed E-state index contributed by atoms with van der Waals surface area (Å²) < 4.78 is 4.95. The number of esters is 1. The summed E-state index contributed by atoms with van der Waals surface area (Å²) in [5, 5.41) is 30.8. The molecule has 9 heteroatoms. The zero-order valence-electron chi connectivity index (χ0n) is 16.1. The molecule has 0 radical (unpaired) electrons. The number of unbranched alkanes of at least 4 members (excludes halogenated alkanes) is 1. The number of amides is 1. The fourth-order valence-corrected chi connectivity index (χ4v) is 2.42. The molecule has 1 amide bonds. The molecule has 0 atom stereocenters. The second-order valence-corrected chi connectivity index (χ2v) is 5.87. The van der Waals surface area contributed by atoms with Gasteiger partial charge in [0, 0.05) is 25.6 Å². The average molecular weight is 389 g/mol. The largest absolute Gasteiger partial charge is 0.504 e. The Morgan fingerprint density at radius 1 is 1.32 bits per heavy atom. The molecule has 0 saturated carbocycles. The number of likely N-dealkylation sites (N-methyl/N-ethyl adjacent to an activating group) is 1. The van der Waals surface area contributed by atoms with Crippen molar-refractivity contribution < 1.29 is 24.4 Å². The van der Waals surface area contributed by atoms with Gasteiger partial charge in [0.15, 0.2) is 5.75 Å². The number of nitrogens with zero attached hydrogens (tertiary/aromatic N) is 3. The number of phenols is 1. The summed E-state index contributed by atoms with van der Waals surface area (Å²) in [6.07, 6.45) is 2.50. The van der Waals surface area contributed by atoms with Crippen molar-refractivity contribution >= 4 is 23.6 Å². The number of nitriles is 1. The molecule has 0 unspecified atom stereocenters. The van der Waals surface area contributed by atoms with Crippen molar-refractivity contribution in [2.24, 2.45) is 0 Å². The van der Waals surface area contributed by atoms with Crippen molar-refractivity contribution in [2.75, 3.05) is 13.1 Å². The third-order valence-electron chi connectivity index (χ3n) is 3.93. The molecule has 9 nitrogen and oxygen atoms in total. The SMILES string of the molecule is CCCCC(=O)Oc1c(O)cc(/C=C(\C#N)C(=O)N(CC)CC)cc1[N+](=O)[O-]. The Hall–Kier alpha value is -3.41. The van der Waals surface area contributed by atoms with Crippen molar-refractivity contribution in [2.45, 2.75) is 40.0 Å². The molecular weight excluding hydrogens is 366 g/mol. The van der Waals surface area contributed by atoms with Crippen LogP contribution in [0.1, 0.15) is 45.6 Å².